The Hall–Kier alpha value is 0.0500. The van der Waals surface area contributed by atoms with Crippen LogP contribution in [0.1, 0.15) is 25.7 Å². The second kappa shape index (κ2) is 6.55. The van der Waals surface area contributed by atoms with Crippen LogP contribution in [0.2, 0.25) is 0 Å². The summed E-state index contributed by atoms with van der Waals surface area (Å²) in [5.74, 6) is 0.869. The van der Waals surface area contributed by atoms with Gasteiger partial charge in [-0.25, -0.2) is 0 Å². The summed E-state index contributed by atoms with van der Waals surface area (Å²) in [7, 11) is 0. The summed E-state index contributed by atoms with van der Waals surface area (Å²) in [6.07, 6.45) is 9.98. The summed E-state index contributed by atoms with van der Waals surface area (Å²) in [5.41, 5.74) is 0. The fourth-order valence-electron chi connectivity index (χ4n) is 1.62. The van der Waals surface area contributed by atoms with E-state index in [1.54, 1.807) is 0 Å². The lowest BCUT2D eigenvalue weighted by molar-refractivity contribution is 0.316. The number of nitrogens with zero attached hydrogens (tertiary/aromatic N) is 1. The molecule has 70 valence electrons. The van der Waals surface area contributed by atoms with Gasteiger partial charge < -0.3 is 0 Å². The van der Waals surface area contributed by atoms with Crippen LogP contribution in [0.15, 0.2) is 12.2 Å². The topological polar surface area (TPSA) is 3.24 Å². The van der Waals surface area contributed by atoms with Crippen molar-refractivity contribution in [2.24, 2.45) is 0 Å². The summed E-state index contributed by atoms with van der Waals surface area (Å²) in [6.45, 7) is 3.70. The molecule has 0 saturated carbocycles. The van der Waals surface area contributed by atoms with E-state index in [2.05, 4.69) is 29.7 Å². The van der Waals surface area contributed by atoms with Crippen molar-refractivity contribution < 1.29 is 0 Å². The van der Waals surface area contributed by atoms with Crippen LogP contribution in [0.4, 0.5) is 0 Å². The van der Waals surface area contributed by atoms with E-state index in [1.807, 2.05) is 0 Å². The molecule has 0 bridgehead atoms. The van der Waals surface area contributed by atoms with Crippen LogP contribution < -0.4 is 0 Å². The van der Waals surface area contributed by atoms with Crippen molar-refractivity contribution >= 4 is 12.6 Å². The van der Waals surface area contributed by atoms with Crippen LogP contribution in [-0.2, 0) is 0 Å². The Bertz CT molecular complexity index is 126. The number of hydrogen-bond acceptors (Lipinski definition) is 2. The van der Waals surface area contributed by atoms with Gasteiger partial charge in [-0.1, -0.05) is 25.0 Å². The maximum Gasteiger partial charge on any atom is 0.0163 e. The lowest BCUT2D eigenvalue weighted by atomic mass is 10.2. The minimum atomic E-state index is 0.869. The second-order valence-corrected chi connectivity index (χ2v) is 3.73. The van der Waals surface area contributed by atoms with Gasteiger partial charge in [-0.3, -0.25) is 4.90 Å². The Kier molecular flexibility index (Phi) is 5.53. The van der Waals surface area contributed by atoms with Crippen LogP contribution in [0, 0.1) is 0 Å². The van der Waals surface area contributed by atoms with Crippen molar-refractivity contribution in [3.05, 3.63) is 12.2 Å². The van der Waals surface area contributed by atoms with Crippen LogP contribution in [0.3, 0.4) is 0 Å². The third-order valence-corrected chi connectivity index (χ3v) is 2.55. The number of hydrogen-bond donors (Lipinski definition) is 1. The molecule has 0 N–H and O–H groups in total. The fourth-order valence-corrected chi connectivity index (χ4v) is 1.77. The lowest BCUT2D eigenvalue weighted by Gasteiger charge is -2.16. The Balaban J connectivity index is 2.16. The first-order valence-electron chi connectivity index (χ1n) is 4.91. The van der Waals surface area contributed by atoms with Crippen LogP contribution in [0.25, 0.3) is 0 Å². The van der Waals surface area contributed by atoms with Gasteiger partial charge in [-0.15, -0.1) is 0 Å². The molecule has 1 heterocycles. The van der Waals surface area contributed by atoms with Gasteiger partial charge in [0.15, 0.2) is 0 Å². The van der Waals surface area contributed by atoms with Gasteiger partial charge in [0.05, 0.1) is 0 Å². The summed E-state index contributed by atoms with van der Waals surface area (Å²) in [4.78, 5) is 2.53. The van der Waals surface area contributed by atoms with Gasteiger partial charge in [-0.2, -0.15) is 12.6 Å². The van der Waals surface area contributed by atoms with E-state index in [1.165, 1.54) is 38.8 Å². The molecule has 1 nitrogen and oxygen atoms in total. The highest BCUT2D eigenvalue weighted by molar-refractivity contribution is 7.80. The molecule has 0 amide bonds. The molecular formula is C10H19NS. The summed E-state index contributed by atoms with van der Waals surface area (Å²) in [5, 5.41) is 0. The average Bonchev–Trinajstić information content (AvgIpc) is 2.33. The Morgan fingerprint density at radius 3 is 2.25 bits per heavy atom. The van der Waals surface area contributed by atoms with E-state index in [-0.39, 0.29) is 0 Å². The maximum absolute atomic E-state index is 4.13. The first-order chi connectivity index (χ1) is 5.93. The van der Waals surface area contributed by atoms with Crippen molar-refractivity contribution in [1.29, 1.82) is 0 Å². The molecule has 1 saturated heterocycles. The van der Waals surface area contributed by atoms with Gasteiger partial charge in [0.1, 0.15) is 0 Å². The molecule has 1 aliphatic rings. The molecule has 0 unspecified atom stereocenters. The molecule has 0 spiro atoms. The summed E-state index contributed by atoms with van der Waals surface area (Å²) in [6, 6.07) is 0. The van der Waals surface area contributed by atoms with E-state index in [0.29, 0.717) is 0 Å². The first kappa shape index (κ1) is 10.1. The van der Waals surface area contributed by atoms with Gasteiger partial charge in [0, 0.05) is 12.3 Å². The van der Waals surface area contributed by atoms with Crippen molar-refractivity contribution in [3.8, 4) is 0 Å². The first-order valence-corrected chi connectivity index (χ1v) is 5.55. The average molecular weight is 185 g/mol. The van der Waals surface area contributed by atoms with E-state index >= 15 is 0 Å². The molecule has 1 fully saturated rings. The zero-order valence-electron chi connectivity index (χ0n) is 7.71. The monoisotopic (exact) mass is 185 g/mol. The third kappa shape index (κ3) is 4.17. The molecule has 1 rings (SSSR count). The van der Waals surface area contributed by atoms with Crippen molar-refractivity contribution in [3.63, 3.8) is 0 Å². The number of thiol groups is 1. The van der Waals surface area contributed by atoms with E-state index in [0.717, 1.165) is 12.3 Å². The standard InChI is InChI=1S/C10H19NS/c12-10-6-5-9-11-7-3-1-2-4-8-11/h5-6,12H,1-4,7-10H2. The van der Waals surface area contributed by atoms with E-state index in [4.69, 9.17) is 0 Å². The van der Waals surface area contributed by atoms with Gasteiger partial charge in [-0.05, 0) is 25.9 Å². The fraction of sp³-hybridized carbons (Fsp3) is 0.800. The van der Waals surface area contributed by atoms with Crippen LogP contribution in [0.5, 0.6) is 0 Å². The molecule has 12 heavy (non-hydrogen) atoms. The molecule has 0 aromatic heterocycles. The van der Waals surface area contributed by atoms with Gasteiger partial charge in [0.25, 0.3) is 0 Å². The molecule has 1 aliphatic heterocycles. The SMILES string of the molecule is SCC=CCN1CCCCCC1. The summed E-state index contributed by atoms with van der Waals surface area (Å²) < 4.78 is 0. The van der Waals surface area contributed by atoms with Crippen molar-refractivity contribution in [2.75, 3.05) is 25.4 Å². The third-order valence-electron chi connectivity index (χ3n) is 2.33. The van der Waals surface area contributed by atoms with Gasteiger partial charge in [0.2, 0.25) is 0 Å². The predicted molar refractivity (Wildman–Crippen MR) is 57.9 cm³/mol. The normalized spacial score (nSPS) is 21.4. The minimum absolute atomic E-state index is 0.869. The van der Waals surface area contributed by atoms with Crippen molar-refractivity contribution in [2.45, 2.75) is 25.7 Å². The van der Waals surface area contributed by atoms with Crippen LogP contribution in [-0.4, -0.2) is 30.3 Å². The highest BCUT2D eigenvalue weighted by atomic mass is 32.1. The highest BCUT2D eigenvalue weighted by Crippen LogP contribution is 2.08. The van der Waals surface area contributed by atoms with Crippen molar-refractivity contribution in [1.82, 2.24) is 4.90 Å². The largest absolute Gasteiger partial charge is 0.300 e. The Morgan fingerprint density at radius 1 is 1.00 bits per heavy atom. The van der Waals surface area contributed by atoms with Gasteiger partial charge >= 0.3 is 0 Å². The molecule has 2 heteroatoms. The zero-order valence-corrected chi connectivity index (χ0v) is 8.60. The number of rotatable bonds is 3. The highest BCUT2D eigenvalue weighted by Gasteiger charge is 2.05. The minimum Gasteiger partial charge on any atom is -0.300 e. The number of likely N-dealkylation sites (tertiary alicyclic amines) is 1. The predicted octanol–water partition coefficient (Wildman–Crippen LogP) is 2.35. The smallest absolute Gasteiger partial charge is 0.0163 e. The maximum atomic E-state index is 4.13. The Labute approximate surface area is 81.2 Å². The molecule has 0 atom stereocenters. The second-order valence-electron chi connectivity index (χ2n) is 3.37. The van der Waals surface area contributed by atoms with E-state index in [9.17, 15) is 0 Å². The zero-order chi connectivity index (χ0) is 8.65. The molecular weight excluding hydrogens is 166 g/mol. The quantitative estimate of drug-likeness (QED) is 0.522. The molecule has 0 aromatic rings. The lowest BCUT2D eigenvalue weighted by Crippen LogP contribution is -2.24. The Morgan fingerprint density at radius 2 is 1.67 bits per heavy atom. The van der Waals surface area contributed by atoms with E-state index < -0.39 is 0 Å². The summed E-state index contributed by atoms with van der Waals surface area (Å²) >= 11 is 4.13. The molecule has 0 radical (unpaired) electrons. The molecule has 0 aromatic carbocycles. The van der Waals surface area contributed by atoms with Crippen LogP contribution >= 0.6 is 12.6 Å². The molecule has 0 aliphatic carbocycles.